The Morgan fingerprint density at radius 2 is 2.00 bits per heavy atom. The first-order valence-electron chi connectivity index (χ1n) is 5.69. The minimum atomic E-state index is 0.854. The molecule has 86 valence electrons. The normalized spacial score (nSPS) is 10.9. The Balaban J connectivity index is 2.20. The van der Waals surface area contributed by atoms with Crippen molar-refractivity contribution >= 4 is 0 Å². The van der Waals surface area contributed by atoms with Gasteiger partial charge in [0.15, 0.2) is 0 Å². The fourth-order valence-corrected chi connectivity index (χ4v) is 1.80. The summed E-state index contributed by atoms with van der Waals surface area (Å²) in [7, 11) is 0. The zero-order valence-electron chi connectivity index (χ0n) is 10.1. The van der Waals surface area contributed by atoms with Gasteiger partial charge >= 0.3 is 0 Å². The van der Waals surface area contributed by atoms with Crippen molar-refractivity contribution in [2.45, 2.75) is 40.3 Å². The molecular formula is C12H18N4. The molecule has 0 atom stereocenters. The van der Waals surface area contributed by atoms with E-state index in [-0.39, 0.29) is 0 Å². The second kappa shape index (κ2) is 4.51. The van der Waals surface area contributed by atoms with Gasteiger partial charge in [0.2, 0.25) is 0 Å². The molecule has 0 unspecified atom stereocenters. The molecule has 4 nitrogen and oxygen atoms in total. The van der Waals surface area contributed by atoms with Gasteiger partial charge in [-0.25, -0.2) is 9.97 Å². The number of nitrogens with zero attached hydrogens (tertiary/aromatic N) is 4. The molecule has 0 spiro atoms. The first-order valence-corrected chi connectivity index (χ1v) is 5.69. The third kappa shape index (κ3) is 2.01. The van der Waals surface area contributed by atoms with Gasteiger partial charge in [-0.2, -0.15) is 0 Å². The smallest absolute Gasteiger partial charge is 0.0955 e. The zero-order valence-corrected chi connectivity index (χ0v) is 10.1. The maximum atomic E-state index is 4.31. The lowest BCUT2D eigenvalue weighted by atomic mass is 10.3. The highest BCUT2D eigenvalue weighted by molar-refractivity contribution is 5.11. The molecule has 0 saturated carbocycles. The van der Waals surface area contributed by atoms with Gasteiger partial charge in [0.05, 0.1) is 30.6 Å². The fraction of sp³-hybridized carbons (Fsp3) is 0.500. The molecule has 2 rings (SSSR count). The van der Waals surface area contributed by atoms with Crippen LogP contribution in [0.25, 0.3) is 0 Å². The molecule has 0 saturated heterocycles. The molecule has 0 aliphatic carbocycles. The Hall–Kier alpha value is -1.58. The lowest BCUT2D eigenvalue weighted by Crippen LogP contribution is -2.07. The van der Waals surface area contributed by atoms with Gasteiger partial charge in [-0.3, -0.25) is 0 Å². The molecule has 0 radical (unpaired) electrons. The van der Waals surface area contributed by atoms with Crippen LogP contribution in [-0.2, 0) is 13.1 Å². The number of aryl methyl sites for hydroxylation is 2. The third-order valence-corrected chi connectivity index (χ3v) is 2.94. The van der Waals surface area contributed by atoms with Gasteiger partial charge in [-0.15, -0.1) is 0 Å². The van der Waals surface area contributed by atoms with E-state index in [1.54, 1.807) is 0 Å². The van der Waals surface area contributed by atoms with Gasteiger partial charge in [0.25, 0.3) is 0 Å². The standard InChI is InChI=1S/C12H18N4/c1-4-5-15-8-13-6-12(15)7-16-9-14-10(2)11(16)3/h6,8-9H,4-5,7H2,1-3H3. The molecule has 0 aromatic carbocycles. The Bertz CT molecular complexity index is 467. The van der Waals surface area contributed by atoms with Crippen molar-refractivity contribution in [2.75, 3.05) is 0 Å². The van der Waals surface area contributed by atoms with E-state index in [4.69, 9.17) is 0 Å². The second-order valence-electron chi connectivity index (χ2n) is 4.12. The monoisotopic (exact) mass is 218 g/mol. The van der Waals surface area contributed by atoms with Crippen LogP contribution in [-0.4, -0.2) is 19.1 Å². The Morgan fingerprint density at radius 3 is 2.62 bits per heavy atom. The summed E-state index contributed by atoms with van der Waals surface area (Å²) in [6.45, 7) is 8.20. The van der Waals surface area contributed by atoms with Crippen LogP contribution in [0.4, 0.5) is 0 Å². The highest BCUT2D eigenvalue weighted by atomic mass is 15.1. The molecule has 0 aliphatic heterocycles. The van der Waals surface area contributed by atoms with E-state index in [0.29, 0.717) is 0 Å². The largest absolute Gasteiger partial charge is 0.333 e. The van der Waals surface area contributed by atoms with Crippen molar-refractivity contribution in [3.8, 4) is 0 Å². The topological polar surface area (TPSA) is 35.6 Å². The average Bonchev–Trinajstić information content (AvgIpc) is 2.82. The predicted octanol–water partition coefficient (Wildman–Crippen LogP) is 2.15. The van der Waals surface area contributed by atoms with Gasteiger partial charge < -0.3 is 9.13 Å². The van der Waals surface area contributed by atoms with E-state index in [1.807, 2.05) is 25.8 Å². The summed E-state index contributed by atoms with van der Waals surface area (Å²) in [6, 6.07) is 0. The summed E-state index contributed by atoms with van der Waals surface area (Å²) in [6.07, 6.45) is 6.86. The minimum absolute atomic E-state index is 0.854. The van der Waals surface area contributed by atoms with Crippen LogP contribution >= 0.6 is 0 Å². The van der Waals surface area contributed by atoms with Crippen LogP contribution in [0.5, 0.6) is 0 Å². The van der Waals surface area contributed by atoms with E-state index in [1.165, 1.54) is 11.4 Å². The molecule has 2 heterocycles. The van der Waals surface area contributed by atoms with Crippen LogP contribution in [0.3, 0.4) is 0 Å². The van der Waals surface area contributed by atoms with Crippen LogP contribution < -0.4 is 0 Å². The number of imidazole rings is 2. The van der Waals surface area contributed by atoms with Crippen LogP contribution in [0.15, 0.2) is 18.9 Å². The van der Waals surface area contributed by atoms with Gasteiger partial charge in [0.1, 0.15) is 0 Å². The summed E-state index contributed by atoms with van der Waals surface area (Å²) in [5.74, 6) is 0. The Kier molecular flexibility index (Phi) is 3.08. The molecule has 2 aromatic rings. The fourth-order valence-electron chi connectivity index (χ4n) is 1.80. The average molecular weight is 218 g/mol. The molecule has 4 heteroatoms. The minimum Gasteiger partial charge on any atom is -0.333 e. The van der Waals surface area contributed by atoms with E-state index >= 15 is 0 Å². The second-order valence-corrected chi connectivity index (χ2v) is 4.12. The van der Waals surface area contributed by atoms with E-state index < -0.39 is 0 Å². The van der Waals surface area contributed by atoms with Crippen molar-refractivity contribution in [3.05, 3.63) is 35.9 Å². The maximum absolute atomic E-state index is 4.31. The number of hydrogen-bond donors (Lipinski definition) is 0. The maximum Gasteiger partial charge on any atom is 0.0955 e. The van der Waals surface area contributed by atoms with Gasteiger partial charge in [0, 0.05) is 18.4 Å². The van der Waals surface area contributed by atoms with Crippen LogP contribution in [0, 0.1) is 13.8 Å². The van der Waals surface area contributed by atoms with Crippen molar-refractivity contribution in [1.82, 2.24) is 19.1 Å². The zero-order chi connectivity index (χ0) is 11.5. The van der Waals surface area contributed by atoms with Crippen molar-refractivity contribution in [2.24, 2.45) is 0 Å². The van der Waals surface area contributed by atoms with Gasteiger partial charge in [-0.05, 0) is 20.3 Å². The van der Waals surface area contributed by atoms with Crippen LogP contribution in [0.1, 0.15) is 30.4 Å². The number of hydrogen-bond acceptors (Lipinski definition) is 2. The summed E-state index contributed by atoms with van der Waals surface area (Å²) < 4.78 is 4.37. The van der Waals surface area contributed by atoms with Crippen LogP contribution in [0.2, 0.25) is 0 Å². The molecule has 0 N–H and O–H groups in total. The first-order chi connectivity index (χ1) is 7.72. The first kappa shape index (κ1) is 10.9. The van der Waals surface area contributed by atoms with E-state index in [9.17, 15) is 0 Å². The van der Waals surface area contributed by atoms with E-state index in [0.717, 1.165) is 25.2 Å². The Labute approximate surface area is 96.0 Å². The SMILES string of the molecule is CCCn1cncc1Cn1cnc(C)c1C. The molecule has 0 fully saturated rings. The number of rotatable bonds is 4. The predicted molar refractivity (Wildman–Crippen MR) is 63.3 cm³/mol. The van der Waals surface area contributed by atoms with Gasteiger partial charge in [-0.1, -0.05) is 6.92 Å². The Morgan fingerprint density at radius 1 is 1.19 bits per heavy atom. The summed E-state index contributed by atoms with van der Waals surface area (Å²) >= 11 is 0. The quantitative estimate of drug-likeness (QED) is 0.788. The molecule has 2 aromatic heterocycles. The summed E-state index contributed by atoms with van der Waals surface area (Å²) in [5, 5.41) is 0. The molecule has 0 bridgehead atoms. The molecular weight excluding hydrogens is 200 g/mol. The number of aromatic nitrogens is 4. The summed E-state index contributed by atoms with van der Waals surface area (Å²) in [4.78, 5) is 8.51. The van der Waals surface area contributed by atoms with Crippen molar-refractivity contribution < 1.29 is 0 Å². The van der Waals surface area contributed by atoms with Crippen molar-refractivity contribution in [1.29, 1.82) is 0 Å². The lowest BCUT2D eigenvalue weighted by Gasteiger charge is -2.08. The highest BCUT2D eigenvalue weighted by Gasteiger charge is 2.06. The summed E-state index contributed by atoms with van der Waals surface area (Å²) in [5.41, 5.74) is 3.56. The highest BCUT2D eigenvalue weighted by Crippen LogP contribution is 2.09. The molecule has 16 heavy (non-hydrogen) atoms. The molecule has 0 aliphatic rings. The third-order valence-electron chi connectivity index (χ3n) is 2.94. The molecule has 0 amide bonds. The van der Waals surface area contributed by atoms with E-state index in [2.05, 4.69) is 32.9 Å². The van der Waals surface area contributed by atoms with Crippen molar-refractivity contribution in [3.63, 3.8) is 0 Å². The lowest BCUT2D eigenvalue weighted by molar-refractivity contribution is 0.619.